The molecule has 28 heavy (non-hydrogen) atoms. The number of likely N-dealkylation sites (N-methyl/N-ethyl adjacent to an activating group) is 1. The molecule has 0 fully saturated rings. The lowest BCUT2D eigenvalue weighted by molar-refractivity contribution is -0.120. The third-order valence-corrected chi connectivity index (χ3v) is 4.10. The predicted octanol–water partition coefficient (Wildman–Crippen LogP) is 2.73. The van der Waals surface area contributed by atoms with Gasteiger partial charge in [-0.3, -0.25) is 15.0 Å². The summed E-state index contributed by atoms with van der Waals surface area (Å²) in [5, 5.41) is 5.51. The second-order valence-electron chi connectivity index (χ2n) is 6.11. The summed E-state index contributed by atoms with van der Waals surface area (Å²) >= 11 is 5.82. The van der Waals surface area contributed by atoms with Gasteiger partial charge >= 0.3 is 6.03 Å². The summed E-state index contributed by atoms with van der Waals surface area (Å²) in [4.78, 5) is 25.7. The Kier molecular flexibility index (Phi) is 6.57. The van der Waals surface area contributed by atoms with Crippen molar-refractivity contribution < 1.29 is 23.8 Å². The molecule has 0 saturated heterocycles. The van der Waals surface area contributed by atoms with Gasteiger partial charge in [-0.2, -0.15) is 0 Å². The number of ether oxygens (including phenoxy) is 3. The van der Waals surface area contributed by atoms with Gasteiger partial charge in [-0.1, -0.05) is 11.6 Å². The largest absolute Gasteiger partial charge is 0.492 e. The number of hydrogen-bond acceptors (Lipinski definition) is 6. The van der Waals surface area contributed by atoms with E-state index < -0.39 is 11.9 Å². The zero-order valence-electron chi connectivity index (χ0n) is 15.2. The van der Waals surface area contributed by atoms with Gasteiger partial charge in [-0.05, 0) is 43.4 Å². The van der Waals surface area contributed by atoms with Crippen LogP contribution in [0.5, 0.6) is 17.2 Å². The van der Waals surface area contributed by atoms with E-state index in [9.17, 15) is 9.59 Å². The third kappa shape index (κ3) is 5.77. The molecule has 0 atom stereocenters. The lowest BCUT2D eigenvalue weighted by atomic mass is 10.3. The first-order chi connectivity index (χ1) is 13.5. The summed E-state index contributed by atoms with van der Waals surface area (Å²) in [6, 6.07) is 11.4. The van der Waals surface area contributed by atoms with Crippen LogP contribution in [0.1, 0.15) is 0 Å². The Balaban J connectivity index is 1.36. The average molecular weight is 406 g/mol. The Morgan fingerprint density at radius 3 is 2.68 bits per heavy atom. The summed E-state index contributed by atoms with van der Waals surface area (Å²) in [6.45, 7) is 1.12. The van der Waals surface area contributed by atoms with Gasteiger partial charge in [0, 0.05) is 23.3 Å². The minimum Gasteiger partial charge on any atom is -0.492 e. The third-order valence-electron chi connectivity index (χ3n) is 3.85. The highest BCUT2D eigenvalue weighted by atomic mass is 35.5. The number of carbonyl (C=O) groups is 2. The molecule has 0 spiro atoms. The fourth-order valence-corrected chi connectivity index (χ4v) is 2.60. The molecule has 2 N–H and O–H groups in total. The average Bonchev–Trinajstić information content (AvgIpc) is 3.11. The van der Waals surface area contributed by atoms with Crippen molar-refractivity contribution in [1.29, 1.82) is 0 Å². The van der Waals surface area contributed by atoms with Crippen LogP contribution in [-0.2, 0) is 4.79 Å². The summed E-state index contributed by atoms with van der Waals surface area (Å²) < 4.78 is 16.0. The van der Waals surface area contributed by atoms with Crippen molar-refractivity contribution in [2.75, 3.05) is 38.9 Å². The van der Waals surface area contributed by atoms with Gasteiger partial charge in [-0.15, -0.1) is 0 Å². The molecular formula is C19H20ClN3O5. The van der Waals surface area contributed by atoms with Crippen LogP contribution >= 0.6 is 11.6 Å². The number of hydrogen-bond donors (Lipinski definition) is 2. The number of urea groups is 1. The second-order valence-corrected chi connectivity index (χ2v) is 6.55. The Labute approximate surface area is 167 Å². The molecule has 0 aromatic heterocycles. The van der Waals surface area contributed by atoms with Crippen LogP contribution in [0.2, 0.25) is 5.02 Å². The molecule has 2 aromatic rings. The number of nitrogens with one attached hydrogen (secondary N) is 2. The number of anilines is 1. The van der Waals surface area contributed by atoms with Crippen LogP contribution in [0.15, 0.2) is 42.5 Å². The minimum absolute atomic E-state index is 0.0541. The van der Waals surface area contributed by atoms with Crippen LogP contribution in [0.3, 0.4) is 0 Å². The van der Waals surface area contributed by atoms with E-state index >= 15 is 0 Å². The molecule has 3 rings (SSSR count). The van der Waals surface area contributed by atoms with Crippen molar-refractivity contribution in [2.45, 2.75) is 0 Å². The monoisotopic (exact) mass is 405 g/mol. The van der Waals surface area contributed by atoms with Crippen LogP contribution in [-0.4, -0.2) is 50.4 Å². The lowest BCUT2D eigenvalue weighted by Gasteiger charge is -2.16. The van der Waals surface area contributed by atoms with Crippen molar-refractivity contribution in [3.8, 4) is 17.2 Å². The van der Waals surface area contributed by atoms with Crippen molar-refractivity contribution in [3.63, 3.8) is 0 Å². The van der Waals surface area contributed by atoms with E-state index in [1.165, 1.54) is 0 Å². The molecule has 0 radical (unpaired) electrons. The fourth-order valence-electron chi connectivity index (χ4n) is 2.48. The highest BCUT2D eigenvalue weighted by Crippen LogP contribution is 2.34. The smallest absolute Gasteiger partial charge is 0.325 e. The molecule has 1 heterocycles. The molecule has 0 bridgehead atoms. The lowest BCUT2D eigenvalue weighted by Crippen LogP contribution is -2.41. The molecule has 148 valence electrons. The van der Waals surface area contributed by atoms with Crippen LogP contribution in [0, 0.1) is 0 Å². The zero-order valence-corrected chi connectivity index (χ0v) is 16.0. The van der Waals surface area contributed by atoms with Gasteiger partial charge in [0.25, 0.3) is 0 Å². The van der Waals surface area contributed by atoms with Crippen molar-refractivity contribution in [3.05, 3.63) is 47.5 Å². The molecule has 0 aliphatic carbocycles. The number of carbonyl (C=O) groups excluding carboxylic acids is 2. The van der Waals surface area contributed by atoms with Gasteiger partial charge < -0.3 is 19.5 Å². The quantitative estimate of drug-likeness (QED) is 0.736. The SMILES string of the molecule is CN(CCOc1ccc(Cl)cc1)CC(=O)NC(=O)Nc1ccc2c(c1)OCO2. The minimum atomic E-state index is -0.616. The molecule has 0 unspecified atom stereocenters. The van der Waals surface area contributed by atoms with E-state index in [1.54, 1.807) is 54.4 Å². The molecule has 2 aromatic carbocycles. The maximum absolute atomic E-state index is 12.0. The number of imide groups is 1. The maximum Gasteiger partial charge on any atom is 0.325 e. The summed E-state index contributed by atoms with van der Waals surface area (Å²) in [6.07, 6.45) is 0. The van der Waals surface area contributed by atoms with Crippen LogP contribution in [0.4, 0.5) is 10.5 Å². The summed E-state index contributed by atoms with van der Waals surface area (Å²) in [7, 11) is 1.76. The Morgan fingerprint density at radius 2 is 1.89 bits per heavy atom. The Bertz CT molecular complexity index is 844. The maximum atomic E-state index is 12.0. The number of rotatable bonds is 7. The van der Waals surface area contributed by atoms with E-state index in [0.717, 1.165) is 0 Å². The van der Waals surface area contributed by atoms with Crippen LogP contribution < -0.4 is 24.8 Å². The van der Waals surface area contributed by atoms with Crippen molar-refractivity contribution in [1.82, 2.24) is 10.2 Å². The highest BCUT2D eigenvalue weighted by Gasteiger charge is 2.15. The van der Waals surface area contributed by atoms with E-state index in [1.807, 2.05) is 0 Å². The molecular weight excluding hydrogens is 386 g/mol. The summed E-state index contributed by atoms with van der Waals surface area (Å²) in [5.74, 6) is 1.44. The topological polar surface area (TPSA) is 89.1 Å². The number of halogens is 1. The standard InChI is InChI=1S/C19H20ClN3O5/c1-23(8-9-26-15-5-2-13(20)3-6-15)11-18(24)22-19(25)21-14-4-7-16-17(10-14)28-12-27-16/h2-7,10H,8-9,11-12H2,1H3,(H2,21,22,24,25). The normalized spacial score (nSPS) is 12.0. The predicted molar refractivity (Wildman–Crippen MR) is 104 cm³/mol. The fraction of sp³-hybridized carbons (Fsp3) is 0.263. The number of fused-ring (bicyclic) bond motifs is 1. The zero-order chi connectivity index (χ0) is 19.9. The molecule has 9 heteroatoms. The van der Waals surface area contributed by atoms with E-state index in [4.69, 9.17) is 25.8 Å². The van der Waals surface area contributed by atoms with E-state index in [2.05, 4.69) is 10.6 Å². The first-order valence-corrected chi connectivity index (χ1v) is 8.95. The van der Waals surface area contributed by atoms with Gasteiger partial charge in [0.05, 0.1) is 6.54 Å². The Morgan fingerprint density at radius 1 is 1.14 bits per heavy atom. The Hall–Kier alpha value is -2.97. The van der Waals surface area contributed by atoms with Gasteiger partial charge in [0.1, 0.15) is 12.4 Å². The van der Waals surface area contributed by atoms with Crippen LogP contribution in [0.25, 0.3) is 0 Å². The number of benzene rings is 2. The second kappa shape index (κ2) is 9.29. The first kappa shape index (κ1) is 19.8. The van der Waals surface area contributed by atoms with Gasteiger partial charge in [0.15, 0.2) is 11.5 Å². The summed E-state index contributed by atoms with van der Waals surface area (Å²) in [5.41, 5.74) is 0.499. The highest BCUT2D eigenvalue weighted by molar-refractivity contribution is 6.30. The molecule has 1 aliphatic heterocycles. The van der Waals surface area contributed by atoms with E-state index in [0.29, 0.717) is 41.1 Å². The van der Waals surface area contributed by atoms with Crippen molar-refractivity contribution >= 4 is 29.2 Å². The van der Waals surface area contributed by atoms with Gasteiger partial charge in [-0.25, -0.2) is 4.79 Å². The van der Waals surface area contributed by atoms with Crippen molar-refractivity contribution in [2.24, 2.45) is 0 Å². The van der Waals surface area contributed by atoms with E-state index in [-0.39, 0.29) is 13.3 Å². The molecule has 0 saturated carbocycles. The number of nitrogens with zero attached hydrogens (tertiary/aromatic N) is 1. The molecule has 3 amide bonds. The van der Waals surface area contributed by atoms with Gasteiger partial charge in [0.2, 0.25) is 12.7 Å². The number of amides is 3. The first-order valence-electron chi connectivity index (χ1n) is 8.57. The molecule has 1 aliphatic rings. The molecule has 8 nitrogen and oxygen atoms in total.